The molecule has 0 radical (unpaired) electrons. The fourth-order valence-corrected chi connectivity index (χ4v) is 5.44. The van der Waals surface area contributed by atoms with Crippen molar-refractivity contribution < 1.29 is 23.5 Å². The molecule has 4 nitrogen and oxygen atoms in total. The van der Waals surface area contributed by atoms with Crippen LogP contribution in [0.2, 0.25) is 0 Å². The maximum Gasteiger partial charge on any atom is 0.306 e. The van der Waals surface area contributed by atoms with Crippen LogP contribution in [0.25, 0.3) is 0 Å². The Labute approximate surface area is 233 Å². The topological polar surface area (TPSA) is 80.4 Å². The van der Waals surface area contributed by atoms with Gasteiger partial charge in [0.15, 0.2) is 0 Å². The molecule has 2 aliphatic carbocycles. The minimum absolute atomic E-state index is 0.0289. The predicted octanol–water partition coefficient (Wildman–Crippen LogP) is 8.31. The highest BCUT2D eigenvalue weighted by Gasteiger charge is 2.30. The van der Waals surface area contributed by atoms with Crippen molar-refractivity contribution in [1.82, 2.24) is 0 Å². The fraction of sp³-hybridized carbons (Fsp3) is 0.576. The molecule has 0 atom stereocenters. The normalized spacial score (nSPS) is 16.8. The van der Waals surface area contributed by atoms with Gasteiger partial charge in [-0.1, -0.05) is 88.8 Å². The summed E-state index contributed by atoms with van der Waals surface area (Å²) in [6.45, 7) is 7.50. The molecule has 2 aromatic carbocycles. The van der Waals surface area contributed by atoms with Crippen LogP contribution < -0.4 is 5.73 Å². The van der Waals surface area contributed by atoms with Crippen molar-refractivity contribution in [1.29, 1.82) is 0 Å². The van der Waals surface area contributed by atoms with Crippen LogP contribution >= 0.6 is 0 Å². The van der Waals surface area contributed by atoms with E-state index in [0.717, 1.165) is 51.4 Å². The minimum atomic E-state index is -0.602. The molecular weight excluding hydrogens is 496 g/mol. The quantitative estimate of drug-likeness (QED) is 0.384. The van der Waals surface area contributed by atoms with Crippen LogP contribution in [0.3, 0.4) is 0 Å². The van der Waals surface area contributed by atoms with Gasteiger partial charge >= 0.3 is 5.97 Å². The van der Waals surface area contributed by atoms with Crippen LogP contribution in [0.5, 0.6) is 0 Å². The first kappa shape index (κ1) is 32.6. The summed E-state index contributed by atoms with van der Waals surface area (Å²) >= 11 is 0. The van der Waals surface area contributed by atoms with Crippen LogP contribution in [0.1, 0.15) is 109 Å². The lowest BCUT2D eigenvalue weighted by molar-refractivity contribution is -0.142. The first-order valence-electron chi connectivity index (χ1n) is 14.4. The number of nitrogens with two attached hydrogens (primary N) is 1. The third-order valence-corrected chi connectivity index (χ3v) is 7.80. The number of hydrogen-bond donors (Lipinski definition) is 2. The molecule has 3 N–H and O–H groups in total. The van der Waals surface area contributed by atoms with Crippen molar-refractivity contribution in [3.05, 3.63) is 71.3 Å². The zero-order chi connectivity index (χ0) is 29.1. The molecule has 0 amide bonds. The molecule has 0 unspecified atom stereocenters. The number of rotatable bonds is 6. The van der Waals surface area contributed by atoms with Crippen LogP contribution in [0.15, 0.2) is 48.5 Å². The molecule has 2 aliphatic rings. The second-order valence-corrected chi connectivity index (χ2v) is 12.2. The molecule has 216 valence electrons. The standard InChI is InChI=1S/C17H23FO.C9H12FN.C7H12O2/c1-17(2,14-10-6-7-11-15(14)18)12-16(19)13-8-4-3-5-9-13;1-9(2,11)7-5-3-4-6-8(7)10;8-7(9)6-4-2-1-3-5-6/h6-7,10-11,13H,3-5,8-9,12H2,1-2H3;3-6H,11H2,1-2H3;6H,1-5H2,(H,8,9). The van der Waals surface area contributed by atoms with Gasteiger partial charge in [0, 0.05) is 23.4 Å². The van der Waals surface area contributed by atoms with Crippen LogP contribution in [-0.2, 0) is 20.5 Å². The summed E-state index contributed by atoms with van der Waals surface area (Å²) in [6, 6.07) is 13.4. The average Bonchev–Trinajstić information content (AvgIpc) is 2.90. The van der Waals surface area contributed by atoms with Gasteiger partial charge in [0.1, 0.15) is 17.4 Å². The Morgan fingerprint density at radius 2 is 1.15 bits per heavy atom. The largest absolute Gasteiger partial charge is 0.481 e. The first-order chi connectivity index (χ1) is 18.3. The van der Waals surface area contributed by atoms with Crippen molar-refractivity contribution in [2.45, 2.75) is 109 Å². The molecule has 2 fully saturated rings. The average molecular weight is 544 g/mol. The van der Waals surface area contributed by atoms with Gasteiger partial charge in [0.25, 0.3) is 0 Å². The molecule has 4 rings (SSSR count). The Kier molecular flexibility index (Phi) is 12.8. The number of halogens is 2. The number of aliphatic carboxylic acids is 1. The van der Waals surface area contributed by atoms with E-state index in [1.807, 2.05) is 19.9 Å². The Morgan fingerprint density at radius 1 is 0.744 bits per heavy atom. The van der Waals surface area contributed by atoms with Crippen LogP contribution in [0.4, 0.5) is 8.78 Å². The molecule has 39 heavy (non-hydrogen) atoms. The van der Waals surface area contributed by atoms with E-state index in [9.17, 15) is 18.4 Å². The van der Waals surface area contributed by atoms with E-state index in [1.165, 1.54) is 25.0 Å². The minimum Gasteiger partial charge on any atom is -0.481 e. The van der Waals surface area contributed by atoms with Gasteiger partial charge in [-0.05, 0) is 62.6 Å². The van der Waals surface area contributed by atoms with E-state index in [1.54, 1.807) is 44.2 Å². The van der Waals surface area contributed by atoms with E-state index < -0.39 is 16.9 Å². The molecule has 0 spiro atoms. The Bertz CT molecular complexity index is 1050. The Balaban J connectivity index is 0.000000226. The zero-order valence-corrected chi connectivity index (χ0v) is 24.1. The van der Waals surface area contributed by atoms with Gasteiger partial charge in [-0.2, -0.15) is 0 Å². The Morgan fingerprint density at radius 3 is 1.51 bits per heavy atom. The lowest BCUT2D eigenvalue weighted by Crippen LogP contribution is -2.29. The summed E-state index contributed by atoms with van der Waals surface area (Å²) in [5, 5.41) is 8.54. The molecule has 0 aliphatic heterocycles. The molecular formula is C33H47F2NO3. The summed E-state index contributed by atoms with van der Waals surface area (Å²) in [5.41, 5.74) is 5.92. The highest BCUT2D eigenvalue weighted by molar-refractivity contribution is 5.82. The molecule has 6 heteroatoms. The molecule has 0 heterocycles. The lowest BCUT2D eigenvalue weighted by atomic mass is 9.75. The molecule has 0 aromatic heterocycles. The third kappa shape index (κ3) is 10.8. The Hall–Kier alpha value is -2.60. The molecule has 0 bridgehead atoms. The van der Waals surface area contributed by atoms with Crippen molar-refractivity contribution in [3.63, 3.8) is 0 Å². The fourth-order valence-electron chi connectivity index (χ4n) is 5.44. The van der Waals surface area contributed by atoms with Crippen molar-refractivity contribution in [2.75, 3.05) is 0 Å². The highest BCUT2D eigenvalue weighted by atomic mass is 19.1. The summed E-state index contributed by atoms with van der Waals surface area (Å²) < 4.78 is 26.9. The number of Topliss-reactive ketones (excluding diaryl/α,β-unsaturated/α-hetero) is 1. The number of carbonyl (C=O) groups is 2. The van der Waals surface area contributed by atoms with E-state index in [-0.39, 0.29) is 23.5 Å². The number of ketones is 1. The lowest BCUT2D eigenvalue weighted by Gasteiger charge is -2.28. The van der Waals surface area contributed by atoms with Gasteiger partial charge in [0.05, 0.1) is 5.92 Å². The van der Waals surface area contributed by atoms with E-state index in [0.29, 0.717) is 23.3 Å². The van der Waals surface area contributed by atoms with E-state index in [4.69, 9.17) is 10.8 Å². The molecule has 2 saturated carbocycles. The maximum absolute atomic E-state index is 13.9. The second kappa shape index (κ2) is 15.3. The predicted molar refractivity (Wildman–Crippen MR) is 153 cm³/mol. The van der Waals surface area contributed by atoms with Crippen molar-refractivity contribution in [3.8, 4) is 0 Å². The van der Waals surface area contributed by atoms with E-state index >= 15 is 0 Å². The van der Waals surface area contributed by atoms with Gasteiger partial charge in [-0.15, -0.1) is 0 Å². The molecule has 0 saturated heterocycles. The van der Waals surface area contributed by atoms with Crippen LogP contribution in [-0.4, -0.2) is 16.9 Å². The smallest absolute Gasteiger partial charge is 0.306 e. The summed E-state index contributed by atoms with van der Waals surface area (Å²) in [7, 11) is 0. The summed E-state index contributed by atoms with van der Waals surface area (Å²) in [5.74, 6) is -0.551. The highest BCUT2D eigenvalue weighted by Crippen LogP contribution is 2.33. The first-order valence-corrected chi connectivity index (χ1v) is 14.4. The SMILES string of the molecule is CC(C)(CC(=O)C1CCCCC1)c1ccccc1F.CC(C)(N)c1ccccc1F.O=C(O)C1CCCCC1. The monoisotopic (exact) mass is 543 g/mol. The van der Waals surface area contributed by atoms with Crippen molar-refractivity contribution >= 4 is 11.8 Å². The number of hydrogen-bond acceptors (Lipinski definition) is 3. The van der Waals surface area contributed by atoms with Gasteiger partial charge in [0.2, 0.25) is 0 Å². The van der Waals surface area contributed by atoms with Crippen LogP contribution in [0, 0.1) is 23.5 Å². The number of carboxylic acid groups (broad SMARTS) is 1. The molecule has 2 aromatic rings. The zero-order valence-electron chi connectivity index (χ0n) is 24.1. The van der Waals surface area contributed by atoms with Gasteiger partial charge < -0.3 is 10.8 Å². The number of benzene rings is 2. The van der Waals surface area contributed by atoms with Gasteiger partial charge in [-0.25, -0.2) is 8.78 Å². The number of carbonyl (C=O) groups excluding carboxylic acids is 1. The maximum atomic E-state index is 13.9. The summed E-state index contributed by atoms with van der Waals surface area (Å²) in [6.07, 6.45) is 11.3. The van der Waals surface area contributed by atoms with E-state index in [2.05, 4.69) is 0 Å². The number of carboxylic acids is 1. The third-order valence-electron chi connectivity index (χ3n) is 7.80. The van der Waals surface area contributed by atoms with Crippen molar-refractivity contribution in [2.24, 2.45) is 17.6 Å². The summed E-state index contributed by atoms with van der Waals surface area (Å²) in [4.78, 5) is 22.7. The second-order valence-electron chi connectivity index (χ2n) is 12.2. The van der Waals surface area contributed by atoms with Gasteiger partial charge in [-0.3, -0.25) is 9.59 Å².